The van der Waals surface area contributed by atoms with E-state index in [2.05, 4.69) is 29.1 Å². The summed E-state index contributed by atoms with van der Waals surface area (Å²) in [5.74, 6) is 3.64. The van der Waals surface area contributed by atoms with Gasteiger partial charge in [-0.1, -0.05) is 38.5 Å². The number of nitrogens with zero attached hydrogens (tertiary/aromatic N) is 2. The van der Waals surface area contributed by atoms with Crippen LogP contribution in [-0.2, 0) is 13.0 Å². The Morgan fingerprint density at radius 1 is 1.60 bits per heavy atom. The van der Waals surface area contributed by atoms with E-state index >= 15 is 0 Å². The third-order valence-corrected chi connectivity index (χ3v) is 5.46. The van der Waals surface area contributed by atoms with Gasteiger partial charge in [-0.05, 0) is 18.8 Å². The molecule has 0 radical (unpaired) electrons. The lowest BCUT2D eigenvalue weighted by Gasteiger charge is -2.36. The molecular formula is C15H23N3OS. The molecule has 1 aromatic heterocycles. The average molecular weight is 293 g/mol. The van der Waals surface area contributed by atoms with Crippen molar-refractivity contribution in [2.45, 2.75) is 58.0 Å². The van der Waals surface area contributed by atoms with Crippen molar-refractivity contribution in [1.29, 1.82) is 0 Å². The third-order valence-electron chi connectivity index (χ3n) is 4.26. The monoisotopic (exact) mass is 293 g/mol. The maximum absolute atomic E-state index is 5.59. The average Bonchev–Trinajstić information content (AvgIpc) is 3.04. The molecule has 2 unspecified atom stereocenters. The van der Waals surface area contributed by atoms with E-state index in [-0.39, 0.29) is 0 Å². The molecule has 3 rings (SSSR count). The third kappa shape index (κ3) is 3.03. The number of thioether (sulfide) groups is 1. The Labute approximate surface area is 124 Å². The molecule has 4 nitrogen and oxygen atoms in total. The molecule has 1 aliphatic carbocycles. The molecule has 0 aromatic carbocycles. The van der Waals surface area contributed by atoms with Gasteiger partial charge in [0.2, 0.25) is 5.89 Å². The van der Waals surface area contributed by atoms with Crippen LogP contribution < -0.4 is 5.32 Å². The van der Waals surface area contributed by atoms with Gasteiger partial charge in [0.1, 0.15) is 12.3 Å². The van der Waals surface area contributed by atoms with Gasteiger partial charge in [0, 0.05) is 17.7 Å². The van der Waals surface area contributed by atoms with Crippen molar-refractivity contribution in [3.8, 4) is 0 Å². The van der Waals surface area contributed by atoms with E-state index < -0.39 is 0 Å². The number of hydrogen-bond donors (Lipinski definition) is 1. The van der Waals surface area contributed by atoms with Crippen molar-refractivity contribution in [1.82, 2.24) is 10.3 Å². The number of nitrogens with one attached hydrogen (secondary N) is 1. The zero-order valence-corrected chi connectivity index (χ0v) is 13.1. The second-order valence-corrected chi connectivity index (χ2v) is 7.05. The Morgan fingerprint density at radius 2 is 2.50 bits per heavy atom. The van der Waals surface area contributed by atoms with Crippen LogP contribution >= 0.6 is 11.8 Å². The van der Waals surface area contributed by atoms with E-state index in [1.807, 2.05) is 11.8 Å². The Morgan fingerprint density at radius 3 is 3.25 bits per heavy atom. The van der Waals surface area contributed by atoms with E-state index in [9.17, 15) is 0 Å². The summed E-state index contributed by atoms with van der Waals surface area (Å²) < 4.78 is 5.59. The molecule has 1 aromatic rings. The summed E-state index contributed by atoms with van der Waals surface area (Å²) in [6.45, 7) is 4.97. The predicted octanol–water partition coefficient (Wildman–Crippen LogP) is 3.38. The van der Waals surface area contributed by atoms with Gasteiger partial charge in [0.15, 0.2) is 5.17 Å². The predicted molar refractivity (Wildman–Crippen MR) is 83.0 cm³/mol. The van der Waals surface area contributed by atoms with Gasteiger partial charge in [-0.25, -0.2) is 4.98 Å². The summed E-state index contributed by atoms with van der Waals surface area (Å²) in [7, 11) is 0. The number of rotatable bonds is 3. The highest BCUT2D eigenvalue weighted by molar-refractivity contribution is 8.14. The number of oxazole rings is 1. The first kappa shape index (κ1) is 14.0. The summed E-state index contributed by atoms with van der Waals surface area (Å²) in [6.07, 6.45) is 7.95. The van der Waals surface area contributed by atoms with Gasteiger partial charge in [0.05, 0.1) is 6.20 Å². The highest BCUT2D eigenvalue weighted by Crippen LogP contribution is 2.38. The van der Waals surface area contributed by atoms with Crippen LogP contribution in [0.15, 0.2) is 15.6 Å². The number of aryl methyl sites for hydroxylation is 1. The fraction of sp³-hybridized carbons (Fsp3) is 0.733. The minimum Gasteiger partial charge on any atom is -0.444 e. The van der Waals surface area contributed by atoms with Gasteiger partial charge >= 0.3 is 0 Å². The smallest absolute Gasteiger partial charge is 0.216 e. The molecule has 2 fully saturated rings. The van der Waals surface area contributed by atoms with Gasteiger partial charge < -0.3 is 9.73 Å². The Kier molecular flexibility index (Phi) is 4.06. The van der Waals surface area contributed by atoms with Crippen LogP contribution in [0.5, 0.6) is 0 Å². The van der Waals surface area contributed by atoms with Crippen molar-refractivity contribution in [3.63, 3.8) is 0 Å². The maximum Gasteiger partial charge on any atom is 0.216 e. The SMILES string of the molecule is CCc1cnc(CN=C2NC3(CCCC(C)C3)CS2)o1. The molecule has 1 aliphatic heterocycles. The lowest BCUT2D eigenvalue weighted by Crippen LogP contribution is -2.47. The molecule has 20 heavy (non-hydrogen) atoms. The lowest BCUT2D eigenvalue weighted by molar-refractivity contribution is 0.242. The Balaban J connectivity index is 1.60. The van der Waals surface area contributed by atoms with Crippen molar-refractivity contribution in [2.24, 2.45) is 10.9 Å². The first-order valence-electron chi connectivity index (χ1n) is 7.58. The molecule has 2 heterocycles. The number of aliphatic imine (C=N–C) groups is 1. The van der Waals surface area contributed by atoms with Crippen LogP contribution in [-0.4, -0.2) is 21.4 Å². The van der Waals surface area contributed by atoms with Crippen LogP contribution in [0.4, 0.5) is 0 Å². The number of amidine groups is 1. The van der Waals surface area contributed by atoms with Gasteiger partial charge in [-0.3, -0.25) is 4.99 Å². The van der Waals surface area contributed by atoms with Crippen LogP contribution in [0.2, 0.25) is 0 Å². The standard InChI is InChI=1S/C15H23N3OS/c1-3-12-8-16-13(19-12)9-17-14-18-15(10-20-14)6-4-5-11(2)7-15/h8,11H,3-7,9-10H2,1-2H3,(H,17,18). The fourth-order valence-corrected chi connectivity index (χ4v) is 4.41. The number of hydrogen-bond acceptors (Lipinski definition) is 4. The summed E-state index contributed by atoms with van der Waals surface area (Å²) >= 11 is 1.85. The molecule has 1 saturated carbocycles. The van der Waals surface area contributed by atoms with Crippen molar-refractivity contribution < 1.29 is 4.42 Å². The van der Waals surface area contributed by atoms with E-state index in [1.54, 1.807) is 6.20 Å². The van der Waals surface area contributed by atoms with Crippen LogP contribution in [0.25, 0.3) is 0 Å². The minimum atomic E-state index is 0.298. The highest BCUT2D eigenvalue weighted by Gasteiger charge is 2.40. The van der Waals surface area contributed by atoms with Gasteiger partial charge in [-0.15, -0.1) is 0 Å². The van der Waals surface area contributed by atoms with E-state index in [0.717, 1.165) is 34.9 Å². The molecule has 2 aliphatic rings. The molecule has 5 heteroatoms. The van der Waals surface area contributed by atoms with E-state index in [4.69, 9.17) is 4.42 Å². The topological polar surface area (TPSA) is 50.4 Å². The van der Waals surface area contributed by atoms with Crippen LogP contribution in [0.3, 0.4) is 0 Å². The largest absolute Gasteiger partial charge is 0.444 e. The molecule has 0 bridgehead atoms. The summed E-state index contributed by atoms with van der Waals surface area (Å²) in [5.41, 5.74) is 0.298. The zero-order valence-electron chi connectivity index (χ0n) is 12.3. The summed E-state index contributed by atoms with van der Waals surface area (Å²) in [5, 5.41) is 4.74. The maximum atomic E-state index is 5.59. The number of aromatic nitrogens is 1. The Hall–Kier alpha value is -0.970. The quantitative estimate of drug-likeness (QED) is 0.928. The van der Waals surface area contributed by atoms with Gasteiger partial charge in [-0.2, -0.15) is 0 Å². The molecule has 110 valence electrons. The molecular weight excluding hydrogens is 270 g/mol. The van der Waals surface area contributed by atoms with Crippen LogP contribution in [0, 0.1) is 5.92 Å². The van der Waals surface area contributed by atoms with E-state index in [1.165, 1.54) is 25.7 Å². The van der Waals surface area contributed by atoms with Crippen molar-refractivity contribution >= 4 is 16.9 Å². The highest BCUT2D eigenvalue weighted by atomic mass is 32.2. The van der Waals surface area contributed by atoms with Crippen molar-refractivity contribution in [2.75, 3.05) is 5.75 Å². The lowest BCUT2D eigenvalue weighted by atomic mass is 9.78. The molecule has 0 amide bonds. The van der Waals surface area contributed by atoms with Crippen LogP contribution in [0.1, 0.15) is 51.2 Å². The normalized spacial score (nSPS) is 31.9. The summed E-state index contributed by atoms with van der Waals surface area (Å²) in [6, 6.07) is 0. The molecule has 1 saturated heterocycles. The van der Waals surface area contributed by atoms with Gasteiger partial charge in [0.25, 0.3) is 0 Å². The second-order valence-electron chi connectivity index (χ2n) is 6.09. The fourth-order valence-electron chi connectivity index (χ4n) is 3.22. The minimum absolute atomic E-state index is 0.298. The first-order chi connectivity index (χ1) is 9.69. The van der Waals surface area contributed by atoms with Crippen molar-refractivity contribution in [3.05, 3.63) is 17.8 Å². The molecule has 1 N–H and O–H groups in total. The first-order valence-corrected chi connectivity index (χ1v) is 8.57. The summed E-state index contributed by atoms with van der Waals surface area (Å²) in [4.78, 5) is 8.88. The second kappa shape index (κ2) is 5.80. The zero-order chi connectivity index (χ0) is 14.0. The molecule has 1 spiro atoms. The molecule has 2 atom stereocenters. The van der Waals surface area contributed by atoms with E-state index in [0.29, 0.717) is 12.1 Å². The Bertz CT molecular complexity index is 499.